The number of carboxylic acids is 1. The smallest absolute Gasteiger partial charge is 0.323 e. The van der Waals surface area contributed by atoms with Gasteiger partial charge in [0.05, 0.1) is 11.4 Å². The van der Waals surface area contributed by atoms with E-state index in [1.807, 2.05) is 0 Å². The molecule has 1 aromatic heterocycles. The highest BCUT2D eigenvalue weighted by atomic mass is 16.4. The SMILES string of the molecule is CC(C)C(C(N)=O)(c1ccccc1)N1C(=O)C(NC(=O)c2cc3ccccc3n2CC(=O)O)C(=O)N(c2ccccc2)c2ccccc21. The Morgan fingerprint density at radius 3 is 2.02 bits per heavy atom. The second-order valence-corrected chi connectivity index (χ2v) is 11.8. The van der Waals surface area contributed by atoms with Crippen LogP contribution < -0.4 is 20.9 Å². The number of carbonyl (C=O) groups excluding carboxylic acids is 4. The van der Waals surface area contributed by atoms with Crippen molar-refractivity contribution in [1.82, 2.24) is 9.88 Å². The van der Waals surface area contributed by atoms with Crippen LogP contribution in [0.15, 0.2) is 115 Å². The predicted molar refractivity (Wildman–Crippen MR) is 180 cm³/mol. The van der Waals surface area contributed by atoms with Crippen molar-refractivity contribution in [1.29, 1.82) is 0 Å². The highest BCUT2D eigenvalue weighted by Crippen LogP contribution is 2.46. The third-order valence-electron chi connectivity index (χ3n) is 8.70. The van der Waals surface area contributed by atoms with E-state index in [1.54, 1.807) is 123 Å². The molecular weight excluding hydrogens is 610 g/mol. The molecule has 11 heteroatoms. The first-order valence-electron chi connectivity index (χ1n) is 15.4. The molecule has 4 aromatic carbocycles. The van der Waals surface area contributed by atoms with E-state index in [9.17, 15) is 24.3 Å². The summed E-state index contributed by atoms with van der Waals surface area (Å²) in [5.41, 5.74) is 6.23. The molecule has 2 unspecified atom stereocenters. The summed E-state index contributed by atoms with van der Waals surface area (Å²) >= 11 is 0. The largest absolute Gasteiger partial charge is 0.480 e. The van der Waals surface area contributed by atoms with Gasteiger partial charge < -0.3 is 20.7 Å². The number of primary amides is 1. The first-order chi connectivity index (χ1) is 23.1. The van der Waals surface area contributed by atoms with Crippen LogP contribution in [0.5, 0.6) is 0 Å². The zero-order valence-electron chi connectivity index (χ0n) is 26.2. The lowest BCUT2D eigenvalue weighted by Crippen LogP contribution is -2.65. The summed E-state index contributed by atoms with van der Waals surface area (Å²) in [4.78, 5) is 72.2. The monoisotopic (exact) mass is 643 g/mol. The summed E-state index contributed by atoms with van der Waals surface area (Å²) in [6.07, 6.45) is 0. The quantitative estimate of drug-likeness (QED) is 0.200. The number of nitrogens with two attached hydrogens (primary N) is 1. The second kappa shape index (κ2) is 12.5. The minimum Gasteiger partial charge on any atom is -0.480 e. The van der Waals surface area contributed by atoms with Gasteiger partial charge in [0.25, 0.3) is 17.7 Å². The maximum absolute atomic E-state index is 15.1. The molecule has 0 aliphatic carbocycles. The van der Waals surface area contributed by atoms with Crippen LogP contribution in [0.1, 0.15) is 29.9 Å². The molecule has 2 atom stereocenters. The van der Waals surface area contributed by atoms with Crippen LogP contribution >= 0.6 is 0 Å². The first kappa shape index (κ1) is 31.7. The van der Waals surface area contributed by atoms with Gasteiger partial charge in [0.1, 0.15) is 12.2 Å². The summed E-state index contributed by atoms with van der Waals surface area (Å²) in [5, 5.41) is 12.9. The minimum atomic E-state index is -1.86. The summed E-state index contributed by atoms with van der Waals surface area (Å²) in [7, 11) is 0. The van der Waals surface area contributed by atoms with E-state index >= 15 is 4.79 Å². The van der Waals surface area contributed by atoms with Gasteiger partial charge in [0.2, 0.25) is 5.91 Å². The van der Waals surface area contributed by atoms with Gasteiger partial charge in [-0.2, -0.15) is 0 Å². The number of hydrogen-bond donors (Lipinski definition) is 3. The van der Waals surface area contributed by atoms with Crippen molar-refractivity contribution in [3.05, 3.63) is 127 Å². The van der Waals surface area contributed by atoms with Gasteiger partial charge in [-0.1, -0.05) is 92.7 Å². The lowest BCUT2D eigenvalue weighted by molar-refractivity contribution is -0.137. The van der Waals surface area contributed by atoms with Crippen molar-refractivity contribution >= 4 is 57.6 Å². The average molecular weight is 644 g/mol. The van der Waals surface area contributed by atoms with Gasteiger partial charge in [-0.3, -0.25) is 33.8 Å². The second-order valence-electron chi connectivity index (χ2n) is 11.8. The van der Waals surface area contributed by atoms with Gasteiger partial charge in [-0.05, 0) is 47.9 Å². The van der Waals surface area contributed by atoms with E-state index in [0.29, 0.717) is 27.8 Å². The number of carbonyl (C=O) groups is 5. The summed E-state index contributed by atoms with van der Waals surface area (Å²) < 4.78 is 1.31. The molecule has 0 spiro atoms. The molecule has 4 amide bonds. The number of aliphatic carboxylic acids is 1. The van der Waals surface area contributed by atoms with E-state index in [1.165, 1.54) is 20.4 Å². The van der Waals surface area contributed by atoms with E-state index in [2.05, 4.69) is 5.32 Å². The minimum absolute atomic E-state index is 0.0631. The summed E-state index contributed by atoms with van der Waals surface area (Å²) in [6, 6.07) is 30.5. The lowest BCUT2D eigenvalue weighted by Gasteiger charge is -2.45. The van der Waals surface area contributed by atoms with Crippen LogP contribution in [0, 0.1) is 5.92 Å². The Morgan fingerprint density at radius 1 is 0.812 bits per heavy atom. The van der Waals surface area contributed by atoms with E-state index in [-0.39, 0.29) is 11.4 Å². The fourth-order valence-corrected chi connectivity index (χ4v) is 6.63. The molecule has 6 rings (SSSR count). The number of nitrogens with one attached hydrogen (secondary N) is 1. The van der Waals surface area contributed by atoms with Crippen LogP contribution in [0.25, 0.3) is 10.9 Å². The number of hydrogen-bond acceptors (Lipinski definition) is 5. The maximum atomic E-state index is 15.1. The number of aromatic nitrogens is 1. The molecule has 11 nitrogen and oxygen atoms in total. The zero-order valence-corrected chi connectivity index (χ0v) is 26.2. The van der Waals surface area contributed by atoms with Gasteiger partial charge in [0, 0.05) is 16.6 Å². The van der Waals surface area contributed by atoms with Crippen LogP contribution in [0.3, 0.4) is 0 Å². The fourth-order valence-electron chi connectivity index (χ4n) is 6.63. The predicted octanol–water partition coefficient (Wildman–Crippen LogP) is 4.57. The number of anilines is 3. The molecule has 0 radical (unpaired) electrons. The van der Waals surface area contributed by atoms with E-state index in [0.717, 1.165) is 0 Å². The molecule has 5 aromatic rings. The van der Waals surface area contributed by atoms with Gasteiger partial charge in [0.15, 0.2) is 11.6 Å². The number of rotatable bonds is 9. The van der Waals surface area contributed by atoms with Crippen molar-refractivity contribution in [2.75, 3.05) is 9.80 Å². The Balaban J connectivity index is 1.59. The Labute approximate surface area is 276 Å². The molecule has 0 bridgehead atoms. The van der Waals surface area contributed by atoms with E-state index in [4.69, 9.17) is 5.73 Å². The molecule has 242 valence electrons. The molecule has 0 fully saturated rings. The van der Waals surface area contributed by atoms with Crippen LogP contribution in [0.4, 0.5) is 17.1 Å². The van der Waals surface area contributed by atoms with Gasteiger partial charge in [-0.15, -0.1) is 0 Å². The van der Waals surface area contributed by atoms with Crippen molar-refractivity contribution < 1.29 is 29.1 Å². The normalized spacial score (nSPS) is 15.9. The van der Waals surface area contributed by atoms with Crippen molar-refractivity contribution in [2.45, 2.75) is 32.0 Å². The Morgan fingerprint density at radius 2 is 1.40 bits per heavy atom. The van der Waals surface area contributed by atoms with Crippen molar-refractivity contribution in [3.63, 3.8) is 0 Å². The highest BCUT2D eigenvalue weighted by molar-refractivity contribution is 6.26. The summed E-state index contributed by atoms with van der Waals surface area (Å²) in [5.74, 6) is -5.16. The number of benzene rings is 4. The first-order valence-corrected chi connectivity index (χ1v) is 15.4. The number of nitrogens with zero attached hydrogens (tertiary/aromatic N) is 3. The maximum Gasteiger partial charge on any atom is 0.323 e. The molecule has 1 aliphatic rings. The third-order valence-corrected chi connectivity index (χ3v) is 8.70. The van der Waals surface area contributed by atoms with Gasteiger partial charge >= 0.3 is 5.97 Å². The van der Waals surface area contributed by atoms with Crippen molar-refractivity contribution in [3.8, 4) is 0 Å². The molecule has 0 saturated carbocycles. The molecule has 48 heavy (non-hydrogen) atoms. The average Bonchev–Trinajstić information content (AvgIpc) is 3.40. The van der Waals surface area contributed by atoms with Crippen molar-refractivity contribution in [2.24, 2.45) is 11.7 Å². The molecule has 0 saturated heterocycles. The number of para-hydroxylation sites is 4. The van der Waals surface area contributed by atoms with Gasteiger partial charge in [-0.25, -0.2) is 0 Å². The zero-order chi connectivity index (χ0) is 34.2. The number of carboxylic acid groups (broad SMARTS) is 1. The molecule has 2 heterocycles. The van der Waals surface area contributed by atoms with Crippen LogP contribution in [-0.4, -0.2) is 45.3 Å². The third kappa shape index (κ3) is 5.15. The Hall–Kier alpha value is -6.23. The Bertz CT molecular complexity index is 2060. The standard InChI is InChI=1S/C37H33N5O6/c1-23(2)37(36(38)48,25-14-5-3-6-15-25)42-29-20-12-11-19-28(29)41(26-16-7-4-8-17-26)34(46)32(35(42)47)39-33(45)30-21-24-13-9-10-18-27(24)40(30)22-31(43)44/h3-21,23,32H,22H2,1-2H3,(H2,38,48)(H,39,45)(H,43,44). The summed E-state index contributed by atoms with van der Waals surface area (Å²) in [6.45, 7) is 2.98. The Kier molecular flexibility index (Phi) is 8.28. The van der Waals surface area contributed by atoms with E-state index < -0.39 is 53.6 Å². The fraction of sp³-hybridized carbons (Fsp3) is 0.162. The molecule has 4 N–H and O–H groups in total. The highest BCUT2D eigenvalue weighted by Gasteiger charge is 2.55. The van der Waals surface area contributed by atoms with Crippen LogP contribution in [-0.2, 0) is 31.3 Å². The topological polar surface area (TPSA) is 155 Å². The molecular formula is C37H33N5O6. The van der Waals surface area contributed by atoms with Crippen LogP contribution in [0.2, 0.25) is 0 Å². The molecule has 1 aliphatic heterocycles. The lowest BCUT2D eigenvalue weighted by atomic mass is 9.76. The number of amides is 4. The number of fused-ring (bicyclic) bond motifs is 2.